The lowest BCUT2D eigenvalue weighted by Crippen LogP contribution is -2.04. The van der Waals surface area contributed by atoms with Gasteiger partial charge in [0.05, 0.1) is 17.6 Å². The first-order valence-corrected chi connectivity index (χ1v) is 7.83. The van der Waals surface area contributed by atoms with Crippen molar-refractivity contribution in [3.63, 3.8) is 0 Å². The molecule has 0 spiro atoms. The molecule has 1 aromatic rings. The number of hydrogen-bond acceptors (Lipinski definition) is 5. The maximum atomic E-state index is 8.47. The van der Waals surface area contributed by atoms with Gasteiger partial charge in [0.15, 0.2) is 5.82 Å². The minimum absolute atomic E-state index is 0.473. The molecule has 1 aliphatic rings. The highest BCUT2D eigenvalue weighted by Crippen LogP contribution is 2.29. The molecule has 18 heavy (non-hydrogen) atoms. The van der Waals surface area contributed by atoms with Crippen molar-refractivity contribution >= 4 is 11.8 Å². The van der Waals surface area contributed by atoms with Crippen LogP contribution in [0.3, 0.4) is 0 Å². The van der Waals surface area contributed by atoms with Gasteiger partial charge in [-0.1, -0.05) is 37.3 Å². The summed E-state index contributed by atoms with van der Waals surface area (Å²) in [5.74, 6) is 3.13. The normalized spacial score (nSPS) is 17.9. The Labute approximate surface area is 112 Å². The van der Waals surface area contributed by atoms with E-state index in [1.165, 1.54) is 56.7 Å². The smallest absolute Gasteiger partial charge is 0.236 e. The lowest BCUT2D eigenvalue weighted by molar-refractivity contribution is 0.370. The Bertz CT molecular complexity index is 391. The molecule has 4 nitrogen and oxygen atoms in total. The Kier molecular flexibility index (Phi) is 5.53. The van der Waals surface area contributed by atoms with Crippen molar-refractivity contribution in [2.75, 3.05) is 5.75 Å². The summed E-state index contributed by atoms with van der Waals surface area (Å²) in [5.41, 5.74) is 0. The van der Waals surface area contributed by atoms with Crippen molar-refractivity contribution in [3.8, 4) is 6.07 Å². The summed E-state index contributed by atoms with van der Waals surface area (Å²) in [4.78, 5) is 4.47. The summed E-state index contributed by atoms with van der Waals surface area (Å²) in [7, 11) is 0. The minimum Gasteiger partial charge on any atom is -0.338 e. The van der Waals surface area contributed by atoms with E-state index >= 15 is 0 Å². The monoisotopic (exact) mass is 265 g/mol. The first-order chi connectivity index (χ1) is 8.90. The lowest BCUT2D eigenvalue weighted by Gasteiger charge is -2.15. The average molecular weight is 265 g/mol. The zero-order valence-corrected chi connectivity index (χ0v) is 11.4. The second kappa shape index (κ2) is 7.42. The van der Waals surface area contributed by atoms with Gasteiger partial charge in [-0.25, -0.2) is 0 Å². The summed E-state index contributed by atoms with van der Waals surface area (Å²) in [5, 5.41) is 12.6. The van der Waals surface area contributed by atoms with Gasteiger partial charge in [-0.2, -0.15) is 10.2 Å². The fraction of sp³-hybridized carbons (Fsp3) is 0.769. The molecule has 5 heteroatoms. The van der Waals surface area contributed by atoms with Crippen molar-refractivity contribution in [1.29, 1.82) is 5.26 Å². The number of aromatic nitrogens is 2. The van der Waals surface area contributed by atoms with Crippen molar-refractivity contribution < 1.29 is 4.52 Å². The average Bonchev–Trinajstić information content (AvgIpc) is 2.78. The summed E-state index contributed by atoms with van der Waals surface area (Å²) in [6.07, 6.45) is 8.96. The van der Waals surface area contributed by atoms with Crippen LogP contribution in [0.15, 0.2) is 4.52 Å². The number of rotatable bonds is 4. The van der Waals surface area contributed by atoms with Crippen molar-refractivity contribution in [2.24, 2.45) is 0 Å². The molecule has 2 rings (SSSR count). The predicted molar refractivity (Wildman–Crippen MR) is 71.1 cm³/mol. The molecule has 0 atom stereocenters. The molecule has 0 aromatic carbocycles. The fourth-order valence-corrected chi connectivity index (χ4v) is 2.88. The third kappa shape index (κ3) is 4.02. The van der Waals surface area contributed by atoms with Gasteiger partial charge >= 0.3 is 0 Å². The molecule has 0 amide bonds. The van der Waals surface area contributed by atoms with Gasteiger partial charge in [0.25, 0.3) is 0 Å². The van der Waals surface area contributed by atoms with E-state index in [-0.39, 0.29) is 0 Å². The third-order valence-electron chi connectivity index (χ3n) is 3.35. The Balaban J connectivity index is 1.89. The standard InChI is InChI=1S/C13H19N3OS/c14-8-9-18-10-12-15-13(16-17-12)11-6-4-2-1-3-5-7-11/h11H,1-7,9-10H2. The van der Waals surface area contributed by atoms with Gasteiger partial charge in [-0.15, -0.1) is 11.8 Å². The van der Waals surface area contributed by atoms with Crippen LogP contribution in [0.1, 0.15) is 62.6 Å². The van der Waals surface area contributed by atoms with E-state index in [2.05, 4.69) is 16.2 Å². The Morgan fingerprint density at radius 1 is 1.22 bits per heavy atom. The summed E-state index contributed by atoms with van der Waals surface area (Å²) < 4.78 is 5.25. The zero-order chi connectivity index (χ0) is 12.6. The van der Waals surface area contributed by atoms with Crippen LogP contribution in [-0.2, 0) is 5.75 Å². The largest absolute Gasteiger partial charge is 0.338 e. The van der Waals surface area contributed by atoms with Gasteiger partial charge < -0.3 is 4.52 Å². The first-order valence-electron chi connectivity index (χ1n) is 6.67. The topological polar surface area (TPSA) is 62.7 Å². The summed E-state index contributed by atoms with van der Waals surface area (Å²) >= 11 is 1.52. The Morgan fingerprint density at radius 3 is 2.67 bits per heavy atom. The van der Waals surface area contributed by atoms with E-state index in [0.717, 1.165) is 5.82 Å². The second-order valence-corrected chi connectivity index (χ2v) is 5.72. The highest BCUT2D eigenvalue weighted by molar-refractivity contribution is 7.98. The fourth-order valence-electron chi connectivity index (χ4n) is 2.39. The third-order valence-corrected chi connectivity index (χ3v) is 4.13. The lowest BCUT2D eigenvalue weighted by atomic mass is 9.91. The summed E-state index contributed by atoms with van der Waals surface area (Å²) in [6.45, 7) is 0. The zero-order valence-electron chi connectivity index (χ0n) is 10.6. The quantitative estimate of drug-likeness (QED) is 0.777. The molecule has 0 radical (unpaired) electrons. The Morgan fingerprint density at radius 2 is 1.94 bits per heavy atom. The highest BCUT2D eigenvalue weighted by Gasteiger charge is 2.19. The van der Waals surface area contributed by atoms with Crippen molar-refractivity contribution in [1.82, 2.24) is 10.1 Å². The van der Waals surface area contributed by atoms with Gasteiger partial charge in [-0.05, 0) is 12.8 Å². The maximum Gasteiger partial charge on any atom is 0.236 e. The van der Waals surface area contributed by atoms with E-state index in [0.29, 0.717) is 23.3 Å². The minimum atomic E-state index is 0.473. The SMILES string of the molecule is N#CCSCc1nc(C2CCCCCCC2)no1. The molecule has 0 aliphatic heterocycles. The van der Waals surface area contributed by atoms with Crippen LogP contribution in [0, 0.1) is 11.3 Å². The molecule has 1 heterocycles. The molecule has 0 saturated heterocycles. The molecule has 1 fully saturated rings. The summed E-state index contributed by atoms with van der Waals surface area (Å²) in [6, 6.07) is 2.10. The number of hydrogen-bond donors (Lipinski definition) is 0. The van der Waals surface area contributed by atoms with E-state index in [4.69, 9.17) is 9.78 Å². The van der Waals surface area contributed by atoms with Crippen LogP contribution in [-0.4, -0.2) is 15.9 Å². The van der Waals surface area contributed by atoms with Crippen LogP contribution < -0.4 is 0 Å². The van der Waals surface area contributed by atoms with Gasteiger partial charge in [0, 0.05) is 5.92 Å². The molecule has 0 unspecified atom stereocenters. The molecular formula is C13H19N3OS. The van der Waals surface area contributed by atoms with Crippen LogP contribution in [0.4, 0.5) is 0 Å². The van der Waals surface area contributed by atoms with E-state index in [9.17, 15) is 0 Å². The van der Waals surface area contributed by atoms with Crippen molar-refractivity contribution in [3.05, 3.63) is 11.7 Å². The Hall–Kier alpha value is -1.02. The van der Waals surface area contributed by atoms with Crippen LogP contribution in [0.2, 0.25) is 0 Å². The predicted octanol–water partition coefficient (Wildman–Crippen LogP) is 3.65. The number of thioether (sulfide) groups is 1. The second-order valence-electron chi connectivity index (χ2n) is 4.74. The van der Waals surface area contributed by atoms with Gasteiger partial charge in [0.1, 0.15) is 0 Å². The molecule has 1 aromatic heterocycles. The van der Waals surface area contributed by atoms with Crippen LogP contribution in [0.25, 0.3) is 0 Å². The van der Waals surface area contributed by atoms with Crippen LogP contribution >= 0.6 is 11.8 Å². The van der Waals surface area contributed by atoms with E-state index in [1.54, 1.807) is 0 Å². The molecule has 98 valence electrons. The van der Waals surface area contributed by atoms with Gasteiger partial charge in [-0.3, -0.25) is 0 Å². The van der Waals surface area contributed by atoms with Gasteiger partial charge in [0.2, 0.25) is 5.89 Å². The maximum absolute atomic E-state index is 8.47. The molecule has 1 aliphatic carbocycles. The first kappa shape index (κ1) is 13.4. The molecule has 1 saturated carbocycles. The van der Waals surface area contributed by atoms with E-state index < -0.39 is 0 Å². The van der Waals surface area contributed by atoms with Crippen LogP contribution in [0.5, 0.6) is 0 Å². The van der Waals surface area contributed by atoms with Crippen molar-refractivity contribution in [2.45, 2.75) is 56.6 Å². The molecule has 0 bridgehead atoms. The highest BCUT2D eigenvalue weighted by atomic mass is 32.2. The number of nitriles is 1. The molecular weight excluding hydrogens is 246 g/mol. The molecule has 0 N–H and O–H groups in total. The van der Waals surface area contributed by atoms with E-state index in [1.807, 2.05) is 0 Å². The number of nitrogens with zero attached hydrogens (tertiary/aromatic N) is 3.